The Hall–Kier alpha value is -5.25. The number of pyridine rings is 2. The summed E-state index contributed by atoms with van der Waals surface area (Å²) >= 11 is 0. The number of hydrogen-bond donors (Lipinski definition) is 3. The van der Waals surface area contributed by atoms with Gasteiger partial charge >= 0.3 is 6.03 Å². The predicted octanol–water partition coefficient (Wildman–Crippen LogP) is 6.68. The minimum Gasteiger partial charge on any atom is -0.454 e. The summed E-state index contributed by atoms with van der Waals surface area (Å²) < 4.78 is 8.01. The molecule has 40 heavy (non-hydrogen) atoms. The van der Waals surface area contributed by atoms with Crippen molar-refractivity contribution in [3.8, 4) is 17.2 Å². The van der Waals surface area contributed by atoms with E-state index in [4.69, 9.17) is 9.84 Å². The zero-order valence-corrected chi connectivity index (χ0v) is 22.3. The van der Waals surface area contributed by atoms with E-state index < -0.39 is 6.03 Å². The van der Waals surface area contributed by atoms with Crippen LogP contribution in [-0.2, 0) is 5.41 Å². The van der Waals surface area contributed by atoms with Crippen molar-refractivity contribution in [1.82, 2.24) is 19.7 Å². The van der Waals surface area contributed by atoms with Crippen molar-refractivity contribution in [3.05, 3.63) is 84.8 Å². The van der Waals surface area contributed by atoms with Gasteiger partial charge in [0.25, 0.3) is 0 Å². The molecule has 6 rings (SSSR count). The molecule has 0 spiro atoms. The molecule has 0 atom stereocenters. The lowest BCUT2D eigenvalue weighted by atomic mass is 9.92. The lowest BCUT2D eigenvalue weighted by Crippen LogP contribution is -2.21. The largest absolute Gasteiger partial charge is 0.454 e. The van der Waals surface area contributed by atoms with Crippen LogP contribution in [-0.4, -0.2) is 38.5 Å². The fourth-order valence-corrected chi connectivity index (χ4v) is 4.38. The fourth-order valence-electron chi connectivity index (χ4n) is 4.38. The molecule has 5 aromatic rings. The molecule has 10 nitrogen and oxygen atoms in total. The summed E-state index contributed by atoms with van der Waals surface area (Å²) in [6, 6.07) is 20.3. The molecule has 0 fully saturated rings. The molecule has 4 heterocycles. The molecule has 3 aromatic heterocycles. The highest BCUT2D eigenvalue weighted by molar-refractivity contribution is 6.06. The molecule has 0 saturated heterocycles. The van der Waals surface area contributed by atoms with E-state index in [1.165, 1.54) is 0 Å². The lowest BCUT2D eigenvalue weighted by Gasteiger charge is -2.16. The van der Waals surface area contributed by atoms with E-state index in [9.17, 15) is 4.79 Å². The third-order valence-electron chi connectivity index (χ3n) is 6.39. The number of carbonyl (C=O) groups is 1. The highest BCUT2D eigenvalue weighted by Crippen LogP contribution is 2.40. The van der Waals surface area contributed by atoms with Crippen molar-refractivity contribution >= 4 is 46.2 Å². The Morgan fingerprint density at radius 2 is 1.80 bits per heavy atom. The van der Waals surface area contributed by atoms with Gasteiger partial charge < -0.3 is 15.4 Å². The second-order valence-corrected chi connectivity index (χ2v) is 10.3. The predicted molar refractivity (Wildman–Crippen MR) is 158 cm³/mol. The van der Waals surface area contributed by atoms with Gasteiger partial charge in [0.1, 0.15) is 17.3 Å². The van der Waals surface area contributed by atoms with E-state index >= 15 is 0 Å². The molecule has 1 aliphatic rings. The molecule has 0 saturated carbocycles. The van der Waals surface area contributed by atoms with Gasteiger partial charge in [0.15, 0.2) is 11.6 Å². The molecule has 1 aliphatic heterocycles. The maximum absolute atomic E-state index is 13.3. The summed E-state index contributed by atoms with van der Waals surface area (Å²) in [5.74, 6) is 2.38. The summed E-state index contributed by atoms with van der Waals surface area (Å²) in [7, 11) is 0. The fraction of sp³-hybridized carbons (Fsp3) is 0.167. The molecular weight excluding hydrogens is 504 g/mol. The normalized spacial score (nSPS) is 12.5. The molecule has 200 valence electrons. The molecule has 2 aromatic carbocycles. The van der Waals surface area contributed by atoms with Crippen LogP contribution in [0.1, 0.15) is 26.5 Å². The second-order valence-electron chi connectivity index (χ2n) is 10.3. The molecule has 0 bridgehead atoms. The summed E-state index contributed by atoms with van der Waals surface area (Å²) in [4.78, 5) is 26.6. The van der Waals surface area contributed by atoms with Gasteiger partial charge in [0.05, 0.1) is 29.1 Å². The Morgan fingerprint density at radius 3 is 2.62 bits per heavy atom. The van der Waals surface area contributed by atoms with Crippen LogP contribution in [0, 0.1) is 0 Å². The van der Waals surface area contributed by atoms with Gasteiger partial charge in [0, 0.05) is 41.5 Å². The molecule has 0 unspecified atom stereocenters. The van der Waals surface area contributed by atoms with Crippen LogP contribution in [0.25, 0.3) is 16.6 Å². The van der Waals surface area contributed by atoms with Crippen molar-refractivity contribution in [3.63, 3.8) is 0 Å². The maximum atomic E-state index is 13.3. The zero-order chi connectivity index (χ0) is 27.7. The average Bonchev–Trinajstić information content (AvgIpc) is 3.39. The molecule has 10 heteroatoms. The first-order valence-corrected chi connectivity index (χ1v) is 12.9. The van der Waals surface area contributed by atoms with Crippen LogP contribution >= 0.6 is 0 Å². The summed E-state index contributed by atoms with van der Waals surface area (Å²) in [5.41, 5.74) is 3.28. The van der Waals surface area contributed by atoms with Gasteiger partial charge in [-0.05, 0) is 36.4 Å². The number of para-hydroxylation sites is 1. The Bertz CT molecular complexity index is 1740. The smallest absolute Gasteiger partial charge is 0.324 e. The number of ether oxygens (including phenoxy) is 1. The van der Waals surface area contributed by atoms with Crippen LogP contribution < -0.4 is 20.7 Å². The number of nitrogens with one attached hydrogen (secondary N) is 3. The van der Waals surface area contributed by atoms with Crippen molar-refractivity contribution in [2.45, 2.75) is 26.2 Å². The summed E-state index contributed by atoms with van der Waals surface area (Å²) in [5, 5.41) is 14.6. The Labute approximate surface area is 231 Å². The van der Waals surface area contributed by atoms with Crippen LogP contribution in [0.2, 0.25) is 0 Å². The first-order valence-electron chi connectivity index (χ1n) is 12.9. The van der Waals surface area contributed by atoms with Crippen molar-refractivity contribution < 1.29 is 9.53 Å². The molecule has 0 radical (unpaired) electrons. The van der Waals surface area contributed by atoms with Crippen LogP contribution in [0.5, 0.6) is 11.5 Å². The van der Waals surface area contributed by atoms with E-state index in [0.717, 1.165) is 16.8 Å². The van der Waals surface area contributed by atoms with Gasteiger partial charge in [-0.15, -0.1) is 0 Å². The lowest BCUT2D eigenvalue weighted by molar-refractivity contribution is 0.262. The number of urea groups is 1. The Morgan fingerprint density at radius 1 is 0.950 bits per heavy atom. The highest BCUT2D eigenvalue weighted by Gasteiger charge is 2.22. The van der Waals surface area contributed by atoms with Gasteiger partial charge in [0.2, 0.25) is 0 Å². The summed E-state index contributed by atoms with van der Waals surface area (Å²) in [6.07, 6.45) is 5.13. The topological polar surface area (TPSA) is 118 Å². The van der Waals surface area contributed by atoms with E-state index in [-0.39, 0.29) is 5.41 Å². The first kappa shape index (κ1) is 25.1. The van der Waals surface area contributed by atoms with E-state index in [0.29, 0.717) is 46.6 Å². The number of fused-ring (bicyclic) bond motifs is 2. The number of rotatable bonds is 5. The van der Waals surface area contributed by atoms with Gasteiger partial charge in [-0.25, -0.2) is 14.5 Å². The maximum Gasteiger partial charge on any atom is 0.324 e. The summed E-state index contributed by atoms with van der Waals surface area (Å²) in [6.45, 7) is 6.87. The van der Waals surface area contributed by atoms with E-state index in [2.05, 4.69) is 51.7 Å². The molecule has 2 amide bonds. The third-order valence-corrected chi connectivity index (χ3v) is 6.39. The number of aromatic nitrogens is 4. The average molecular weight is 533 g/mol. The Kier molecular flexibility index (Phi) is 6.35. The first-order chi connectivity index (χ1) is 19.4. The number of aliphatic imine (C=N–C) groups is 1. The number of anilines is 3. The minimum absolute atomic E-state index is 0.196. The van der Waals surface area contributed by atoms with Gasteiger partial charge in [-0.3, -0.25) is 15.3 Å². The highest BCUT2D eigenvalue weighted by atomic mass is 16.5. The number of benzene rings is 2. The number of amides is 2. The third kappa shape index (κ3) is 4.94. The number of nitrogens with zero attached hydrogens (tertiary/aromatic N) is 5. The molecule has 0 aliphatic carbocycles. The van der Waals surface area contributed by atoms with Crippen molar-refractivity contribution in [2.24, 2.45) is 4.99 Å². The minimum atomic E-state index is -0.415. The number of hydrogen-bond acceptors (Lipinski definition) is 7. The van der Waals surface area contributed by atoms with E-state index in [1.807, 2.05) is 48.5 Å². The van der Waals surface area contributed by atoms with E-state index in [1.54, 1.807) is 41.5 Å². The van der Waals surface area contributed by atoms with Crippen LogP contribution in [0.3, 0.4) is 0 Å². The van der Waals surface area contributed by atoms with Crippen molar-refractivity contribution in [1.29, 1.82) is 0 Å². The van der Waals surface area contributed by atoms with Gasteiger partial charge in [-0.2, -0.15) is 5.10 Å². The Balaban J connectivity index is 1.29. The molecule has 3 N–H and O–H groups in total. The monoisotopic (exact) mass is 532 g/mol. The van der Waals surface area contributed by atoms with Crippen LogP contribution in [0.15, 0.2) is 84.1 Å². The number of carbonyl (C=O) groups excluding carboxylic acids is 1. The zero-order valence-electron chi connectivity index (χ0n) is 22.3. The molecular formula is C30H28N8O2. The second kappa shape index (κ2) is 10.1. The van der Waals surface area contributed by atoms with Crippen molar-refractivity contribution in [2.75, 3.05) is 22.5 Å². The SMILES string of the molecule is CC(C)(C)c1cc(NC(=O)Nc2ccc(Oc3ccnc4c3N=CCN4)c3cccnc23)n(-c2ccccc2)n1. The van der Waals surface area contributed by atoms with Gasteiger partial charge in [-0.1, -0.05) is 39.0 Å². The quantitative estimate of drug-likeness (QED) is 0.232. The van der Waals surface area contributed by atoms with Crippen LogP contribution in [0.4, 0.5) is 27.8 Å². The standard InChI is InChI=1S/C30H28N8O2/c1-30(2,3)24-18-25(38(37-24)19-8-5-4-6-9-19)36-29(39)35-21-11-12-22(20-10-7-14-31-26(20)21)40-23-13-15-33-28-27(23)32-16-17-34-28/h4-16,18H,17H2,1-3H3,(H,33,34)(H2,35,36,39).